The normalized spacial score (nSPS) is 10.5. The minimum absolute atomic E-state index is 0.0160. The number of rotatable bonds is 6. The molecule has 3 heterocycles. The predicted octanol–water partition coefficient (Wildman–Crippen LogP) is 1.62. The molecule has 0 saturated heterocycles. The number of ether oxygens (including phenoxy) is 1. The summed E-state index contributed by atoms with van der Waals surface area (Å²) in [4.78, 5) is 23.5. The van der Waals surface area contributed by atoms with Gasteiger partial charge >= 0.3 is 5.97 Å². The lowest BCUT2D eigenvalue weighted by Crippen LogP contribution is -2.20. The molecule has 3 aromatic heterocycles. The van der Waals surface area contributed by atoms with Crippen LogP contribution in [-0.4, -0.2) is 33.4 Å². The van der Waals surface area contributed by atoms with Crippen LogP contribution in [0.15, 0.2) is 45.6 Å². The third-order valence-electron chi connectivity index (χ3n) is 2.97. The highest BCUT2D eigenvalue weighted by Crippen LogP contribution is 2.11. The van der Waals surface area contributed by atoms with Gasteiger partial charge in [-0.3, -0.25) is 9.48 Å². The van der Waals surface area contributed by atoms with E-state index in [1.807, 2.05) is 0 Å². The average Bonchev–Trinajstić information content (AvgIpc) is 3.28. The number of hydrogen-bond acceptors (Lipinski definition) is 7. The number of nitrogens with zero attached hydrogens (tertiary/aromatic N) is 3. The van der Waals surface area contributed by atoms with Gasteiger partial charge in [-0.05, 0) is 25.1 Å². The summed E-state index contributed by atoms with van der Waals surface area (Å²) < 4.78 is 16.7. The Morgan fingerprint density at radius 3 is 2.96 bits per heavy atom. The molecule has 0 aliphatic rings. The lowest BCUT2D eigenvalue weighted by atomic mass is 10.4. The fourth-order valence-corrected chi connectivity index (χ4v) is 1.93. The van der Waals surface area contributed by atoms with Crippen LogP contribution in [0.2, 0.25) is 0 Å². The van der Waals surface area contributed by atoms with E-state index in [1.165, 1.54) is 6.07 Å². The van der Waals surface area contributed by atoms with E-state index in [4.69, 9.17) is 13.7 Å². The molecule has 0 aliphatic carbocycles. The summed E-state index contributed by atoms with van der Waals surface area (Å²) in [6, 6.07) is 6.47. The Bertz CT molecular complexity index is 834. The molecule has 124 valence electrons. The molecule has 24 heavy (non-hydrogen) atoms. The first-order valence-electron chi connectivity index (χ1n) is 7.06. The van der Waals surface area contributed by atoms with Gasteiger partial charge in [0.25, 0.3) is 5.91 Å². The summed E-state index contributed by atoms with van der Waals surface area (Å²) in [5.41, 5.74) is 0. The third kappa shape index (κ3) is 3.88. The minimum Gasteiger partial charge on any atom is -0.452 e. The van der Waals surface area contributed by atoms with E-state index in [0.717, 1.165) is 0 Å². The van der Waals surface area contributed by atoms with Crippen molar-refractivity contribution in [1.82, 2.24) is 14.9 Å². The van der Waals surface area contributed by atoms with Crippen molar-refractivity contribution in [2.45, 2.75) is 13.5 Å². The van der Waals surface area contributed by atoms with Gasteiger partial charge in [-0.15, -0.1) is 0 Å². The molecule has 0 aromatic carbocycles. The topological polar surface area (TPSA) is 112 Å². The van der Waals surface area contributed by atoms with Crippen LogP contribution in [0.3, 0.4) is 0 Å². The SMILES string of the molecule is Cc1cc(NC(=O)COC(=O)c2ccc(Cn3cccn3)o2)no1. The molecule has 1 N–H and O–H groups in total. The Morgan fingerprint density at radius 2 is 2.25 bits per heavy atom. The maximum absolute atomic E-state index is 11.9. The van der Waals surface area contributed by atoms with Gasteiger partial charge < -0.3 is 19.0 Å². The van der Waals surface area contributed by atoms with E-state index in [-0.39, 0.29) is 11.6 Å². The quantitative estimate of drug-likeness (QED) is 0.683. The molecule has 0 spiro atoms. The zero-order chi connectivity index (χ0) is 16.9. The number of hydrogen-bond donors (Lipinski definition) is 1. The van der Waals surface area contributed by atoms with Crippen molar-refractivity contribution in [3.8, 4) is 0 Å². The van der Waals surface area contributed by atoms with Crippen LogP contribution in [0.25, 0.3) is 0 Å². The molecule has 9 nitrogen and oxygen atoms in total. The van der Waals surface area contributed by atoms with Crippen molar-refractivity contribution in [3.63, 3.8) is 0 Å². The first-order valence-corrected chi connectivity index (χ1v) is 7.06. The molecule has 0 unspecified atom stereocenters. The Labute approximate surface area is 136 Å². The molecule has 0 bridgehead atoms. The number of anilines is 1. The van der Waals surface area contributed by atoms with Crippen LogP contribution in [0.5, 0.6) is 0 Å². The first-order chi connectivity index (χ1) is 11.6. The third-order valence-corrected chi connectivity index (χ3v) is 2.97. The lowest BCUT2D eigenvalue weighted by Gasteiger charge is -2.02. The summed E-state index contributed by atoms with van der Waals surface area (Å²) in [6.45, 7) is 1.63. The number of nitrogens with one attached hydrogen (secondary N) is 1. The van der Waals surface area contributed by atoms with Crippen LogP contribution in [0.1, 0.15) is 22.1 Å². The minimum atomic E-state index is -0.729. The van der Waals surface area contributed by atoms with Crippen molar-refractivity contribution in [2.75, 3.05) is 11.9 Å². The highest BCUT2D eigenvalue weighted by atomic mass is 16.5. The molecule has 0 saturated carbocycles. The molecular formula is C15H14N4O5. The summed E-state index contributed by atoms with van der Waals surface area (Å²) in [6.07, 6.45) is 3.42. The number of carbonyl (C=O) groups is 2. The van der Waals surface area contributed by atoms with E-state index in [9.17, 15) is 9.59 Å². The number of esters is 1. The molecule has 3 rings (SSSR count). The van der Waals surface area contributed by atoms with Gasteiger partial charge in [0.1, 0.15) is 11.5 Å². The van der Waals surface area contributed by atoms with Gasteiger partial charge in [0.2, 0.25) is 5.76 Å². The van der Waals surface area contributed by atoms with Gasteiger partial charge in [0.05, 0.1) is 6.54 Å². The van der Waals surface area contributed by atoms with Crippen molar-refractivity contribution in [2.24, 2.45) is 0 Å². The second-order valence-corrected chi connectivity index (χ2v) is 4.92. The van der Waals surface area contributed by atoms with Gasteiger partial charge in [0.15, 0.2) is 12.4 Å². The smallest absolute Gasteiger partial charge is 0.374 e. The second kappa shape index (κ2) is 6.82. The van der Waals surface area contributed by atoms with Crippen LogP contribution in [-0.2, 0) is 16.1 Å². The van der Waals surface area contributed by atoms with Gasteiger partial charge in [-0.1, -0.05) is 5.16 Å². The molecule has 3 aromatic rings. The maximum atomic E-state index is 11.9. The summed E-state index contributed by atoms with van der Waals surface area (Å²) in [7, 11) is 0. The van der Waals surface area contributed by atoms with Crippen LogP contribution < -0.4 is 5.32 Å². The standard InChI is InChI=1S/C15H14N4O5/c1-10-7-13(18-24-10)17-14(20)9-22-15(21)12-4-3-11(23-12)8-19-6-2-5-16-19/h2-7H,8-9H2,1H3,(H,17,18,20). The van der Waals surface area contributed by atoms with Crippen molar-refractivity contribution in [3.05, 3.63) is 53.9 Å². The number of carbonyl (C=O) groups excluding carboxylic acids is 2. The summed E-state index contributed by atoms with van der Waals surface area (Å²) in [5, 5.41) is 10.1. The van der Waals surface area contributed by atoms with Crippen LogP contribution >= 0.6 is 0 Å². The zero-order valence-corrected chi connectivity index (χ0v) is 12.8. The fourth-order valence-electron chi connectivity index (χ4n) is 1.93. The van der Waals surface area contributed by atoms with Crippen molar-refractivity contribution < 1.29 is 23.3 Å². The highest BCUT2D eigenvalue weighted by Gasteiger charge is 2.15. The second-order valence-electron chi connectivity index (χ2n) is 4.92. The van der Waals surface area contributed by atoms with E-state index in [2.05, 4.69) is 15.6 Å². The van der Waals surface area contributed by atoms with Crippen LogP contribution in [0, 0.1) is 6.92 Å². The van der Waals surface area contributed by atoms with E-state index in [1.54, 1.807) is 42.2 Å². The number of amides is 1. The molecule has 0 aliphatic heterocycles. The van der Waals surface area contributed by atoms with Gasteiger partial charge in [-0.2, -0.15) is 5.10 Å². The molecule has 1 amide bonds. The number of aryl methyl sites for hydroxylation is 1. The van der Waals surface area contributed by atoms with Crippen molar-refractivity contribution >= 4 is 17.7 Å². The Balaban J connectivity index is 1.49. The summed E-state index contributed by atoms with van der Waals surface area (Å²) >= 11 is 0. The van der Waals surface area contributed by atoms with Gasteiger partial charge in [0, 0.05) is 18.5 Å². The maximum Gasteiger partial charge on any atom is 0.374 e. The number of furan rings is 1. The predicted molar refractivity (Wildman–Crippen MR) is 80.2 cm³/mol. The van der Waals surface area contributed by atoms with Crippen LogP contribution in [0.4, 0.5) is 5.82 Å². The van der Waals surface area contributed by atoms with E-state index in [0.29, 0.717) is 18.1 Å². The van der Waals surface area contributed by atoms with E-state index < -0.39 is 18.5 Å². The molecule has 0 radical (unpaired) electrons. The van der Waals surface area contributed by atoms with E-state index >= 15 is 0 Å². The Morgan fingerprint density at radius 1 is 1.38 bits per heavy atom. The monoisotopic (exact) mass is 330 g/mol. The average molecular weight is 330 g/mol. The molecular weight excluding hydrogens is 316 g/mol. The molecule has 0 atom stereocenters. The van der Waals surface area contributed by atoms with Crippen molar-refractivity contribution in [1.29, 1.82) is 0 Å². The van der Waals surface area contributed by atoms with Gasteiger partial charge in [-0.25, -0.2) is 4.79 Å². The molecule has 9 heteroatoms. The Hall–Kier alpha value is -3.36. The Kier molecular flexibility index (Phi) is 4.41. The first kappa shape index (κ1) is 15.5. The highest BCUT2D eigenvalue weighted by molar-refractivity contribution is 5.93. The zero-order valence-electron chi connectivity index (χ0n) is 12.8. The number of aromatic nitrogens is 3. The largest absolute Gasteiger partial charge is 0.452 e. The molecule has 0 fully saturated rings. The summed E-state index contributed by atoms with van der Waals surface area (Å²) in [5.74, 6) is 0.124. The lowest BCUT2D eigenvalue weighted by molar-refractivity contribution is -0.119. The fraction of sp³-hybridized carbons (Fsp3) is 0.200.